The Balaban J connectivity index is 1.43. The van der Waals surface area contributed by atoms with Crippen molar-refractivity contribution in [1.29, 1.82) is 0 Å². The second-order valence-electron chi connectivity index (χ2n) is 5.19. The number of nitrogens with zero attached hydrogens (tertiary/aromatic N) is 1. The molecule has 1 N–H and O–H groups in total. The summed E-state index contributed by atoms with van der Waals surface area (Å²) in [7, 11) is 1.71. The summed E-state index contributed by atoms with van der Waals surface area (Å²) in [5.41, 5.74) is 0. The van der Waals surface area contributed by atoms with Gasteiger partial charge in [-0.15, -0.1) is 0 Å². The molecule has 17 heavy (non-hydrogen) atoms. The minimum Gasteiger partial charge on any atom is -0.382 e. The standard InChI is InChI=1S/C13H26N2O2/c1-16-9-10-17-8-2-6-15-7-5-13(11-15)14-12-3-4-12/h12-14H,2-11H2,1H3. The molecule has 0 aromatic rings. The Hall–Kier alpha value is -0.160. The molecule has 0 amide bonds. The van der Waals surface area contributed by atoms with Gasteiger partial charge in [-0.2, -0.15) is 0 Å². The van der Waals surface area contributed by atoms with Gasteiger partial charge in [-0.05, 0) is 32.2 Å². The van der Waals surface area contributed by atoms with E-state index in [9.17, 15) is 0 Å². The fraction of sp³-hybridized carbons (Fsp3) is 1.00. The molecule has 0 spiro atoms. The quantitative estimate of drug-likeness (QED) is 0.608. The molecule has 0 radical (unpaired) electrons. The second-order valence-corrected chi connectivity index (χ2v) is 5.19. The predicted octanol–water partition coefficient (Wildman–Crippen LogP) is 0.866. The van der Waals surface area contributed by atoms with Crippen molar-refractivity contribution in [2.45, 2.75) is 37.8 Å². The average Bonchev–Trinajstić information content (AvgIpc) is 3.02. The van der Waals surface area contributed by atoms with Gasteiger partial charge in [-0.1, -0.05) is 0 Å². The maximum Gasteiger partial charge on any atom is 0.0700 e. The molecule has 0 aromatic carbocycles. The Kier molecular flexibility index (Phi) is 5.71. The summed E-state index contributed by atoms with van der Waals surface area (Å²) in [5, 5.41) is 3.71. The number of methoxy groups -OCH3 is 1. The molecule has 4 heteroatoms. The third kappa shape index (κ3) is 5.34. The molecule has 0 bridgehead atoms. The van der Waals surface area contributed by atoms with Gasteiger partial charge in [0.25, 0.3) is 0 Å². The molecule has 100 valence electrons. The van der Waals surface area contributed by atoms with E-state index in [1.807, 2.05) is 0 Å². The van der Waals surface area contributed by atoms with Crippen molar-refractivity contribution in [2.75, 3.05) is 46.6 Å². The number of hydrogen-bond donors (Lipinski definition) is 1. The molecule has 0 aromatic heterocycles. The van der Waals surface area contributed by atoms with Gasteiger partial charge >= 0.3 is 0 Å². The van der Waals surface area contributed by atoms with E-state index in [4.69, 9.17) is 9.47 Å². The van der Waals surface area contributed by atoms with Crippen molar-refractivity contribution in [3.63, 3.8) is 0 Å². The molecule has 2 aliphatic rings. The minimum atomic E-state index is 0.705. The van der Waals surface area contributed by atoms with Crippen LogP contribution in [0.5, 0.6) is 0 Å². The topological polar surface area (TPSA) is 33.7 Å². The highest BCUT2D eigenvalue weighted by atomic mass is 16.5. The maximum absolute atomic E-state index is 5.47. The van der Waals surface area contributed by atoms with Crippen molar-refractivity contribution in [2.24, 2.45) is 0 Å². The molecule has 1 unspecified atom stereocenters. The van der Waals surface area contributed by atoms with E-state index in [0.29, 0.717) is 6.61 Å². The summed E-state index contributed by atoms with van der Waals surface area (Å²) in [6, 6.07) is 1.59. The minimum absolute atomic E-state index is 0.705. The Morgan fingerprint density at radius 2 is 2.00 bits per heavy atom. The summed E-state index contributed by atoms with van der Waals surface area (Å²) >= 11 is 0. The van der Waals surface area contributed by atoms with E-state index in [2.05, 4.69) is 10.2 Å². The van der Waals surface area contributed by atoms with Crippen molar-refractivity contribution in [1.82, 2.24) is 10.2 Å². The lowest BCUT2D eigenvalue weighted by Gasteiger charge is -2.16. The Labute approximate surface area is 105 Å². The molecule has 1 aliphatic heterocycles. The Morgan fingerprint density at radius 1 is 1.12 bits per heavy atom. The molecule has 4 nitrogen and oxygen atoms in total. The molecular weight excluding hydrogens is 216 g/mol. The van der Waals surface area contributed by atoms with E-state index < -0.39 is 0 Å². The third-order valence-electron chi connectivity index (χ3n) is 3.52. The third-order valence-corrected chi connectivity index (χ3v) is 3.52. The van der Waals surface area contributed by atoms with Gasteiger partial charge < -0.3 is 19.7 Å². The first-order valence-corrected chi connectivity index (χ1v) is 6.93. The van der Waals surface area contributed by atoms with Crippen LogP contribution in [-0.2, 0) is 9.47 Å². The molecule has 1 atom stereocenters. The Bertz CT molecular complexity index is 210. The zero-order valence-electron chi connectivity index (χ0n) is 11.0. The summed E-state index contributed by atoms with van der Waals surface area (Å²) in [6.07, 6.45) is 5.24. The monoisotopic (exact) mass is 242 g/mol. The van der Waals surface area contributed by atoms with E-state index >= 15 is 0 Å². The fourth-order valence-electron chi connectivity index (χ4n) is 2.39. The molecule has 2 fully saturated rings. The maximum atomic E-state index is 5.47. The van der Waals surface area contributed by atoms with Crippen LogP contribution in [0, 0.1) is 0 Å². The van der Waals surface area contributed by atoms with Crippen LogP contribution >= 0.6 is 0 Å². The summed E-state index contributed by atoms with van der Waals surface area (Å²) < 4.78 is 10.4. The predicted molar refractivity (Wildman–Crippen MR) is 68.3 cm³/mol. The smallest absolute Gasteiger partial charge is 0.0700 e. The van der Waals surface area contributed by atoms with Crippen LogP contribution in [0.2, 0.25) is 0 Å². The van der Waals surface area contributed by atoms with Gasteiger partial charge in [-0.3, -0.25) is 0 Å². The van der Waals surface area contributed by atoms with Gasteiger partial charge in [-0.25, -0.2) is 0 Å². The molecule has 1 aliphatic carbocycles. The number of nitrogens with one attached hydrogen (secondary N) is 1. The van der Waals surface area contributed by atoms with E-state index in [0.717, 1.165) is 31.7 Å². The number of likely N-dealkylation sites (tertiary alicyclic amines) is 1. The number of rotatable bonds is 9. The van der Waals surface area contributed by atoms with Gasteiger partial charge in [0, 0.05) is 38.9 Å². The average molecular weight is 242 g/mol. The van der Waals surface area contributed by atoms with Crippen LogP contribution in [0.15, 0.2) is 0 Å². The zero-order chi connectivity index (χ0) is 11.9. The van der Waals surface area contributed by atoms with E-state index in [1.54, 1.807) is 7.11 Å². The summed E-state index contributed by atoms with van der Waals surface area (Å²) in [4.78, 5) is 2.56. The van der Waals surface area contributed by atoms with Crippen molar-refractivity contribution in [3.8, 4) is 0 Å². The van der Waals surface area contributed by atoms with Gasteiger partial charge in [0.2, 0.25) is 0 Å². The van der Waals surface area contributed by atoms with E-state index in [1.165, 1.54) is 38.9 Å². The van der Waals surface area contributed by atoms with E-state index in [-0.39, 0.29) is 0 Å². The van der Waals surface area contributed by atoms with Crippen molar-refractivity contribution in [3.05, 3.63) is 0 Å². The molecule has 2 rings (SSSR count). The van der Waals surface area contributed by atoms with Crippen LogP contribution in [0.25, 0.3) is 0 Å². The number of ether oxygens (including phenoxy) is 2. The van der Waals surface area contributed by atoms with Gasteiger partial charge in [0.05, 0.1) is 13.2 Å². The van der Waals surface area contributed by atoms with Crippen LogP contribution in [-0.4, -0.2) is 63.5 Å². The highest BCUT2D eigenvalue weighted by Gasteiger charge is 2.28. The van der Waals surface area contributed by atoms with Crippen molar-refractivity contribution < 1.29 is 9.47 Å². The molecular formula is C13H26N2O2. The lowest BCUT2D eigenvalue weighted by atomic mass is 10.2. The van der Waals surface area contributed by atoms with Gasteiger partial charge in [0.1, 0.15) is 0 Å². The Morgan fingerprint density at radius 3 is 2.76 bits per heavy atom. The molecule has 1 saturated carbocycles. The van der Waals surface area contributed by atoms with Crippen molar-refractivity contribution >= 4 is 0 Å². The highest BCUT2D eigenvalue weighted by Crippen LogP contribution is 2.21. The second kappa shape index (κ2) is 7.31. The number of hydrogen-bond acceptors (Lipinski definition) is 4. The first-order valence-electron chi connectivity index (χ1n) is 6.93. The summed E-state index contributed by atoms with van der Waals surface area (Å²) in [6.45, 7) is 5.95. The molecule has 1 heterocycles. The van der Waals surface area contributed by atoms with Crippen LogP contribution in [0.1, 0.15) is 25.7 Å². The lowest BCUT2D eigenvalue weighted by Crippen LogP contribution is -2.34. The summed E-state index contributed by atoms with van der Waals surface area (Å²) in [5.74, 6) is 0. The highest BCUT2D eigenvalue weighted by molar-refractivity contribution is 4.89. The van der Waals surface area contributed by atoms with Crippen LogP contribution in [0.4, 0.5) is 0 Å². The first kappa shape index (κ1) is 13.3. The molecule has 1 saturated heterocycles. The first-order chi connectivity index (χ1) is 8.38. The van der Waals surface area contributed by atoms with Crippen LogP contribution < -0.4 is 5.32 Å². The van der Waals surface area contributed by atoms with Gasteiger partial charge in [0.15, 0.2) is 0 Å². The fourth-order valence-corrected chi connectivity index (χ4v) is 2.39. The largest absolute Gasteiger partial charge is 0.382 e. The van der Waals surface area contributed by atoms with Crippen LogP contribution in [0.3, 0.4) is 0 Å². The lowest BCUT2D eigenvalue weighted by molar-refractivity contribution is 0.0661. The SMILES string of the molecule is COCCOCCCN1CCC(NC2CC2)C1. The normalized spacial score (nSPS) is 25.6. The zero-order valence-corrected chi connectivity index (χ0v) is 11.0.